The van der Waals surface area contributed by atoms with E-state index < -0.39 is 5.60 Å². The Labute approximate surface area is 115 Å². The first-order valence-electron chi connectivity index (χ1n) is 6.05. The van der Waals surface area contributed by atoms with Gasteiger partial charge in [-0.05, 0) is 42.1 Å². The summed E-state index contributed by atoms with van der Waals surface area (Å²) in [4.78, 5) is 0.819. The normalized spacial score (nSPS) is 14.5. The Balaban J connectivity index is 2.13. The number of fused-ring (bicyclic) bond motifs is 1. The molecule has 0 bridgehead atoms. The van der Waals surface area contributed by atoms with E-state index in [-0.39, 0.29) is 5.82 Å². The van der Waals surface area contributed by atoms with Crippen molar-refractivity contribution in [2.24, 2.45) is 0 Å². The minimum absolute atomic E-state index is 0.334. The number of rotatable bonds is 2. The van der Waals surface area contributed by atoms with Crippen LogP contribution in [0.4, 0.5) is 4.39 Å². The molecule has 0 amide bonds. The summed E-state index contributed by atoms with van der Waals surface area (Å²) in [5, 5.41) is 11.8. The van der Waals surface area contributed by atoms with Gasteiger partial charge in [-0.1, -0.05) is 30.3 Å². The Morgan fingerprint density at radius 3 is 2.58 bits per heavy atom. The van der Waals surface area contributed by atoms with Crippen LogP contribution in [0.2, 0.25) is 0 Å². The molecule has 0 saturated carbocycles. The molecule has 0 aliphatic heterocycles. The molecule has 1 N–H and O–H groups in total. The highest BCUT2D eigenvalue weighted by Crippen LogP contribution is 2.37. The highest BCUT2D eigenvalue weighted by atomic mass is 32.1. The van der Waals surface area contributed by atoms with Crippen LogP contribution in [0.25, 0.3) is 10.1 Å². The minimum Gasteiger partial charge on any atom is -0.380 e. The molecule has 0 fully saturated rings. The van der Waals surface area contributed by atoms with Crippen molar-refractivity contribution in [2.75, 3.05) is 0 Å². The van der Waals surface area contributed by atoms with Gasteiger partial charge in [0.25, 0.3) is 0 Å². The monoisotopic (exact) mass is 272 g/mol. The van der Waals surface area contributed by atoms with Gasteiger partial charge in [0.15, 0.2) is 0 Å². The smallest absolute Gasteiger partial charge is 0.123 e. The van der Waals surface area contributed by atoms with Gasteiger partial charge in [-0.2, -0.15) is 0 Å². The number of hydrogen-bond donors (Lipinski definition) is 1. The average Bonchev–Trinajstić information content (AvgIpc) is 2.83. The van der Waals surface area contributed by atoms with Crippen molar-refractivity contribution < 1.29 is 9.50 Å². The SMILES string of the molecule is CC(O)(c1cccc(F)c1)c1cc2ccccc2s1. The van der Waals surface area contributed by atoms with E-state index in [4.69, 9.17) is 0 Å². The maximum Gasteiger partial charge on any atom is 0.123 e. The molecule has 0 aliphatic rings. The predicted octanol–water partition coefficient (Wildman–Crippen LogP) is 4.30. The Hall–Kier alpha value is -1.71. The number of halogens is 1. The van der Waals surface area contributed by atoms with Crippen LogP contribution in [0.3, 0.4) is 0 Å². The topological polar surface area (TPSA) is 20.2 Å². The number of hydrogen-bond acceptors (Lipinski definition) is 2. The van der Waals surface area contributed by atoms with Crippen LogP contribution in [-0.2, 0) is 5.60 Å². The molecule has 0 aliphatic carbocycles. The summed E-state index contributed by atoms with van der Waals surface area (Å²) in [5.74, 6) is -0.334. The maximum atomic E-state index is 13.3. The van der Waals surface area contributed by atoms with Crippen LogP contribution in [0.5, 0.6) is 0 Å². The van der Waals surface area contributed by atoms with Crippen molar-refractivity contribution >= 4 is 21.4 Å². The molecular weight excluding hydrogens is 259 g/mol. The molecule has 3 rings (SSSR count). The first kappa shape index (κ1) is 12.3. The van der Waals surface area contributed by atoms with Crippen molar-refractivity contribution in [3.05, 3.63) is 70.9 Å². The molecule has 0 radical (unpaired) electrons. The van der Waals surface area contributed by atoms with E-state index in [1.807, 2.05) is 30.3 Å². The van der Waals surface area contributed by atoms with Gasteiger partial charge >= 0.3 is 0 Å². The molecule has 0 saturated heterocycles. The van der Waals surface area contributed by atoms with Crippen molar-refractivity contribution in [2.45, 2.75) is 12.5 Å². The summed E-state index contributed by atoms with van der Waals surface area (Å²) >= 11 is 1.53. The van der Waals surface area contributed by atoms with Gasteiger partial charge in [0, 0.05) is 9.58 Å². The first-order valence-corrected chi connectivity index (χ1v) is 6.86. The van der Waals surface area contributed by atoms with Gasteiger partial charge in [-0.25, -0.2) is 4.39 Å². The van der Waals surface area contributed by atoms with E-state index in [0.29, 0.717) is 5.56 Å². The molecule has 1 atom stereocenters. The van der Waals surface area contributed by atoms with Gasteiger partial charge in [-0.15, -0.1) is 11.3 Å². The molecular formula is C16H13FOS. The van der Waals surface area contributed by atoms with Crippen LogP contribution >= 0.6 is 11.3 Å². The van der Waals surface area contributed by atoms with E-state index in [2.05, 4.69) is 0 Å². The highest BCUT2D eigenvalue weighted by Gasteiger charge is 2.28. The van der Waals surface area contributed by atoms with Gasteiger partial charge in [0.2, 0.25) is 0 Å². The van der Waals surface area contributed by atoms with Crippen LogP contribution < -0.4 is 0 Å². The largest absolute Gasteiger partial charge is 0.380 e. The van der Waals surface area contributed by atoms with Crippen LogP contribution in [0.15, 0.2) is 54.6 Å². The van der Waals surface area contributed by atoms with E-state index in [1.165, 1.54) is 23.5 Å². The molecule has 2 aromatic carbocycles. The molecule has 96 valence electrons. The van der Waals surface area contributed by atoms with Gasteiger partial charge in [-0.3, -0.25) is 0 Å². The summed E-state index contributed by atoms with van der Waals surface area (Å²) in [6, 6.07) is 16.1. The summed E-state index contributed by atoms with van der Waals surface area (Å²) in [6.07, 6.45) is 0. The number of aliphatic hydroxyl groups is 1. The standard InChI is InChI=1S/C16H13FOS/c1-16(18,12-6-4-7-13(17)10-12)15-9-11-5-2-3-8-14(11)19-15/h2-10,18H,1H3. The minimum atomic E-state index is -1.17. The second-order valence-corrected chi connectivity index (χ2v) is 5.81. The second kappa shape index (κ2) is 4.44. The van der Waals surface area contributed by atoms with Gasteiger partial charge in [0.05, 0.1) is 0 Å². The fourth-order valence-corrected chi connectivity index (χ4v) is 3.29. The first-order chi connectivity index (χ1) is 9.07. The Morgan fingerprint density at radius 1 is 1.05 bits per heavy atom. The van der Waals surface area contributed by atoms with Crippen LogP contribution in [0, 0.1) is 5.82 Å². The van der Waals surface area contributed by atoms with Gasteiger partial charge in [0.1, 0.15) is 11.4 Å². The molecule has 1 aromatic heterocycles. The third kappa shape index (κ3) is 2.15. The lowest BCUT2D eigenvalue weighted by atomic mass is 9.94. The Bertz CT molecular complexity index is 697. The van der Waals surface area contributed by atoms with E-state index >= 15 is 0 Å². The summed E-state index contributed by atoms with van der Waals surface area (Å²) in [7, 11) is 0. The van der Waals surface area contributed by atoms with Crippen molar-refractivity contribution in [3.8, 4) is 0 Å². The van der Waals surface area contributed by atoms with Crippen molar-refractivity contribution in [1.82, 2.24) is 0 Å². The van der Waals surface area contributed by atoms with Crippen LogP contribution in [-0.4, -0.2) is 5.11 Å². The zero-order valence-electron chi connectivity index (χ0n) is 10.4. The molecule has 3 aromatic rings. The Kier molecular flexibility index (Phi) is 2.88. The molecule has 1 nitrogen and oxygen atoms in total. The molecule has 0 spiro atoms. The lowest BCUT2D eigenvalue weighted by molar-refractivity contribution is 0.106. The lowest BCUT2D eigenvalue weighted by Crippen LogP contribution is -2.21. The highest BCUT2D eigenvalue weighted by molar-refractivity contribution is 7.19. The fraction of sp³-hybridized carbons (Fsp3) is 0.125. The van der Waals surface area contributed by atoms with E-state index in [0.717, 1.165) is 15.0 Å². The zero-order chi connectivity index (χ0) is 13.5. The van der Waals surface area contributed by atoms with Crippen molar-refractivity contribution in [1.29, 1.82) is 0 Å². The fourth-order valence-electron chi connectivity index (χ4n) is 2.16. The maximum absolute atomic E-state index is 13.3. The third-order valence-electron chi connectivity index (χ3n) is 3.29. The number of benzene rings is 2. The van der Waals surface area contributed by atoms with E-state index in [1.54, 1.807) is 19.1 Å². The summed E-state index contributed by atoms with van der Waals surface area (Å²) in [6.45, 7) is 1.70. The second-order valence-electron chi connectivity index (χ2n) is 4.73. The van der Waals surface area contributed by atoms with E-state index in [9.17, 15) is 9.50 Å². The zero-order valence-corrected chi connectivity index (χ0v) is 11.2. The Morgan fingerprint density at radius 2 is 1.84 bits per heavy atom. The molecule has 19 heavy (non-hydrogen) atoms. The molecule has 1 heterocycles. The molecule has 3 heteroatoms. The summed E-state index contributed by atoms with van der Waals surface area (Å²) in [5.41, 5.74) is -0.606. The third-order valence-corrected chi connectivity index (χ3v) is 4.62. The summed E-state index contributed by atoms with van der Waals surface area (Å²) < 4.78 is 14.4. The quantitative estimate of drug-likeness (QED) is 0.737. The average molecular weight is 272 g/mol. The van der Waals surface area contributed by atoms with Crippen molar-refractivity contribution in [3.63, 3.8) is 0 Å². The van der Waals surface area contributed by atoms with Gasteiger partial charge < -0.3 is 5.11 Å². The molecule has 1 unspecified atom stereocenters. The number of thiophene rings is 1. The lowest BCUT2D eigenvalue weighted by Gasteiger charge is -2.22. The predicted molar refractivity (Wildman–Crippen MR) is 76.9 cm³/mol. The van der Waals surface area contributed by atoms with Crippen LogP contribution in [0.1, 0.15) is 17.4 Å².